The van der Waals surface area contributed by atoms with Crippen LogP contribution in [0.1, 0.15) is 92.2 Å². The van der Waals surface area contributed by atoms with Gasteiger partial charge in [-0.2, -0.15) is 15.1 Å². The molecule has 2 aromatic heterocycles. The molecule has 2 saturated carbocycles. The average molecular weight is 963 g/mol. The normalized spacial score (nSPS) is 18.2. The highest BCUT2D eigenvalue weighted by Gasteiger charge is 2.49. The summed E-state index contributed by atoms with van der Waals surface area (Å²) in [6.45, 7) is 9.04. The summed E-state index contributed by atoms with van der Waals surface area (Å²) in [7, 11) is 0. The zero-order valence-electron chi connectivity index (χ0n) is 41.2. The van der Waals surface area contributed by atoms with Crippen molar-refractivity contribution in [2.45, 2.75) is 95.5 Å². The van der Waals surface area contributed by atoms with Gasteiger partial charge in [0.2, 0.25) is 0 Å². The van der Waals surface area contributed by atoms with Crippen LogP contribution in [0.3, 0.4) is 0 Å². The SMILES string of the molecule is Cc1c(F)cc2nn(C(c3ccccc3)(c3ccccc3)c3ccccc3)cc2c1-c1c(C2CC2)cc2c(N3C[C@@H]4C[C@H]3CN4C(=O)OC(C)(C)C)nc(OCC3(CO)CC3)nc2c1OCc1ccccc1. The smallest absolute Gasteiger partial charge is 0.410 e. The number of likely N-dealkylation sites (tertiary alicyclic amines) is 1. The molecule has 0 radical (unpaired) electrons. The van der Waals surface area contributed by atoms with Crippen molar-refractivity contribution in [3.8, 4) is 22.9 Å². The van der Waals surface area contributed by atoms with E-state index in [1.807, 2.05) is 85.8 Å². The van der Waals surface area contributed by atoms with E-state index < -0.39 is 11.1 Å². The van der Waals surface area contributed by atoms with Gasteiger partial charge in [-0.3, -0.25) is 4.68 Å². The molecule has 4 fully saturated rings. The minimum atomic E-state index is -0.949. The third kappa shape index (κ3) is 8.09. The summed E-state index contributed by atoms with van der Waals surface area (Å²) in [5.74, 6) is 0.995. The summed E-state index contributed by atoms with van der Waals surface area (Å²) in [5.41, 5.74) is 6.08. The van der Waals surface area contributed by atoms with E-state index >= 15 is 4.39 Å². The first-order chi connectivity index (χ1) is 34.9. The van der Waals surface area contributed by atoms with Crippen LogP contribution in [-0.2, 0) is 16.9 Å². The summed E-state index contributed by atoms with van der Waals surface area (Å²) >= 11 is 0. The zero-order chi connectivity index (χ0) is 49.4. The number of amides is 1. The van der Waals surface area contributed by atoms with Crippen LogP contribution in [0.5, 0.6) is 11.8 Å². The number of halogens is 1. The van der Waals surface area contributed by atoms with E-state index in [1.165, 1.54) is 0 Å². The van der Waals surface area contributed by atoms with Crippen LogP contribution in [0.2, 0.25) is 0 Å². The molecular formula is C60H59FN6O5. The summed E-state index contributed by atoms with van der Waals surface area (Å²) in [5, 5.41) is 17.3. The summed E-state index contributed by atoms with van der Waals surface area (Å²) in [4.78, 5) is 28.1. The molecule has 2 aliphatic heterocycles. The Kier molecular flexibility index (Phi) is 11.3. The highest BCUT2D eigenvalue weighted by Crippen LogP contribution is 2.55. The van der Waals surface area contributed by atoms with Crippen molar-refractivity contribution in [3.05, 3.63) is 179 Å². The van der Waals surface area contributed by atoms with Crippen LogP contribution in [0.15, 0.2) is 140 Å². The minimum Gasteiger partial charge on any atom is -0.486 e. The molecule has 4 heterocycles. The minimum absolute atomic E-state index is 0.00673. The predicted octanol–water partition coefficient (Wildman–Crippen LogP) is 11.7. The number of piperazine rings is 1. The van der Waals surface area contributed by atoms with Gasteiger partial charge in [-0.05, 0) is 105 Å². The number of aliphatic hydroxyl groups excluding tert-OH is 1. The molecule has 6 aromatic carbocycles. The molecule has 1 amide bonds. The molecule has 12 rings (SSSR count). The number of carbonyl (C=O) groups is 1. The van der Waals surface area contributed by atoms with Gasteiger partial charge in [0.1, 0.15) is 34.9 Å². The Morgan fingerprint density at radius 3 is 1.96 bits per heavy atom. The fourth-order valence-corrected chi connectivity index (χ4v) is 11.2. The molecule has 2 atom stereocenters. The summed E-state index contributed by atoms with van der Waals surface area (Å²) in [6.07, 6.45) is 6.15. The molecule has 1 N–H and O–H groups in total. The van der Waals surface area contributed by atoms with Crippen molar-refractivity contribution in [1.82, 2.24) is 24.6 Å². The molecule has 2 aliphatic carbocycles. The number of hydrogen-bond acceptors (Lipinski definition) is 9. The molecule has 4 aliphatic rings. The van der Waals surface area contributed by atoms with Gasteiger partial charge in [0.25, 0.3) is 0 Å². The maximum absolute atomic E-state index is 17.2. The van der Waals surface area contributed by atoms with Crippen LogP contribution in [0.25, 0.3) is 32.9 Å². The zero-order valence-corrected chi connectivity index (χ0v) is 41.2. The number of ether oxygens (including phenoxy) is 3. The van der Waals surface area contributed by atoms with Crippen molar-refractivity contribution in [2.24, 2.45) is 5.41 Å². The second kappa shape index (κ2) is 17.8. The molecule has 8 aromatic rings. The van der Waals surface area contributed by atoms with E-state index in [0.717, 1.165) is 76.3 Å². The van der Waals surface area contributed by atoms with E-state index in [-0.39, 0.29) is 61.2 Å². The second-order valence-corrected chi connectivity index (χ2v) is 21.4. The second-order valence-electron chi connectivity index (χ2n) is 21.4. The van der Waals surface area contributed by atoms with Crippen molar-refractivity contribution in [1.29, 1.82) is 0 Å². The molecule has 0 unspecified atom stereocenters. The van der Waals surface area contributed by atoms with Crippen molar-refractivity contribution < 1.29 is 28.5 Å². The van der Waals surface area contributed by atoms with Crippen LogP contribution in [-0.4, -0.2) is 79.8 Å². The Bertz CT molecular complexity index is 3220. The number of aliphatic hydroxyl groups is 1. The number of benzene rings is 6. The topological polar surface area (TPSA) is 115 Å². The summed E-state index contributed by atoms with van der Waals surface area (Å²) < 4.78 is 38.8. The lowest BCUT2D eigenvalue weighted by Crippen LogP contribution is -2.50. The largest absolute Gasteiger partial charge is 0.486 e. The van der Waals surface area contributed by atoms with Crippen LogP contribution in [0.4, 0.5) is 15.0 Å². The first-order valence-electron chi connectivity index (χ1n) is 25.3. The van der Waals surface area contributed by atoms with E-state index in [9.17, 15) is 9.90 Å². The molecule has 2 bridgehead atoms. The van der Waals surface area contributed by atoms with Gasteiger partial charge in [-0.1, -0.05) is 121 Å². The van der Waals surface area contributed by atoms with Crippen molar-refractivity contribution in [3.63, 3.8) is 0 Å². The lowest BCUT2D eigenvalue weighted by atomic mass is 9.77. The number of aromatic nitrogens is 4. The van der Waals surface area contributed by atoms with E-state index in [0.29, 0.717) is 46.8 Å². The maximum atomic E-state index is 17.2. The quantitative estimate of drug-likeness (QED) is 0.106. The van der Waals surface area contributed by atoms with E-state index in [4.69, 9.17) is 29.3 Å². The Labute approximate surface area is 419 Å². The van der Waals surface area contributed by atoms with Gasteiger partial charge in [0.15, 0.2) is 5.75 Å². The number of carbonyl (C=O) groups excluding carboxylic acids is 1. The fourth-order valence-electron chi connectivity index (χ4n) is 11.2. The first kappa shape index (κ1) is 45.8. The Balaban J connectivity index is 1.10. The fraction of sp³-hybridized carbons (Fsp3) is 0.333. The van der Waals surface area contributed by atoms with Gasteiger partial charge in [-0.25, -0.2) is 9.18 Å². The molecule has 0 spiro atoms. The molecule has 12 heteroatoms. The third-order valence-corrected chi connectivity index (χ3v) is 15.3. The van der Waals surface area contributed by atoms with Gasteiger partial charge in [0, 0.05) is 52.7 Å². The summed E-state index contributed by atoms with van der Waals surface area (Å²) in [6, 6.07) is 45.0. The lowest BCUT2D eigenvalue weighted by Gasteiger charge is -2.36. The Morgan fingerprint density at radius 2 is 1.40 bits per heavy atom. The Morgan fingerprint density at radius 1 is 0.778 bits per heavy atom. The molecule has 366 valence electrons. The highest BCUT2D eigenvalue weighted by atomic mass is 19.1. The van der Waals surface area contributed by atoms with Gasteiger partial charge in [0.05, 0.1) is 30.8 Å². The van der Waals surface area contributed by atoms with E-state index in [1.54, 1.807) is 6.07 Å². The van der Waals surface area contributed by atoms with Gasteiger partial charge < -0.3 is 29.1 Å². The van der Waals surface area contributed by atoms with Crippen molar-refractivity contribution in [2.75, 3.05) is 31.2 Å². The van der Waals surface area contributed by atoms with Gasteiger partial charge in [-0.15, -0.1) is 0 Å². The highest BCUT2D eigenvalue weighted by molar-refractivity contribution is 6.06. The number of anilines is 1. The average Bonchev–Trinajstić information content (AvgIpc) is 4.27. The van der Waals surface area contributed by atoms with Gasteiger partial charge >= 0.3 is 12.1 Å². The predicted molar refractivity (Wildman–Crippen MR) is 277 cm³/mol. The molecular weight excluding hydrogens is 904 g/mol. The number of rotatable bonds is 14. The van der Waals surface area contributed by atoms with Crippen LogP contribution in [0, 0.1) is 18.2 Å². The van der Waals surface area contributed by atoms with Crippen LogP contribution < -0.4 is 14.4 Å². The monoisotopic (exact) mass is 962 g/mol. The molecule has 72 heavy (non-hydrogen) atoms. The molecule has 2 saturated heterocycles. The number of fused-ring (bicyclic) bond motifs is 4. The first-order valence-corrected chi connectivity index (χ1v) is 25.3. The Hall–Kier alpha value is -7.31. The standard InChI is InChI=1S/C60H59FN6O5/c1-38-49(61)31-50-48(34-67(64-50)60(41-19-11-6-12-20-41,42-21-13-7-14-22-42)43-23-15-8-16-24-43)51(38)52-46(40-25-26-40)30-47-53(54(52)70-35-39-17-9-5-10-18-39)62-56(71-37-59(36-68)27-28-59)63-55(47)65-32-45-29-44(65)33-66(45)57(69)72-58(2,3)4/h5-24,30-31,34,40,44-45,68H,25-29,32-33,35-37H2,1-4H3/t44-,45-/m0/s1. The number of nitrogens with zero attached hydrogens (tertiary/aromatic N) is 6. The molecule has 11 nitrogen and oxygen atoms in total. The third-order valence-electron chi connectivity index (χ3n) is 15.3. The maximum Gasteiger partial charge on any atom is 0.410 e. The van der Waals surface area contributed by atoms with E-state index in [2.05, 4.69) is 90.0 Å². The van der Waals surface area contributed by atoms with Crippen molar-refractivity contribution >= 4 is 33.7 Å². The number of hydrogen-bond donors (Lipinski definition) is 1. The van der Waals surface area contributed by atoms with Crippen LogP contribution >= 0.6 is 0 Å². The lowest BCUT2D eigenvalue weighted by molar-refractivity contribution is 0.0214.